The van der Waals surface area contributed by atoms with Crippen LogP contribution in [0.1, 0.15) is 13.3 Å². The molecule has 0 radical (unpaired) electrons. The zero-order valence-corrected chi connectivity index (χ0v) is 13.5. The number of halogens is 2. The van der Waals surface area contributed by atoms with Gasteiger partial charge in [-0.2, -0.15) is 0 Å². The molecule has 1 aliphatic heterocycles. The van der Waals surface area contributed by atoms with E-state index in [0.717, 1.165) is 52.5 Å². The number of carbonyl (C=O) groups excluding carboxylic acids is 1. The monoisotopic (exact) mass is 315 g/mol. The predicted molar refractivity (Wildman–Crippen MR) is 82.6 cm³/mol. The van der Waals surface area contributed by atoms with Gasteiger partial charge >= 0.3 is 0 Å². The molecule has 0 bridgehead atoms. The van der Waals surface area contributed by atoms with Crippen molar-refractivity contribution in [3.63, 3.8) is 0 Å². The second-order valence-electron chi connectivity index (χ2n) is 4.27. The van der Waals surface area contributed by atoms with Crippen molar-refractivity contribution in [1.82, 2.24) is 15.1 Å². The number of hydrogen-bond acceptors (Lipinski definition) is 4. The van der Waals surface area contributed by atoms with Crippen molar-refractivity contribution < 1.29 is 9.53 Å². The second kappa shape index (κ2) is 12.9. The fourth-order valence-corrected chi connectivity index (χ4v) is 1.95. The molecule has 19 heavy (non-hydrogen) atoms. The Balaban J connectivity index is 0. The highest BCUT2D eigenvalue weighted by Gasteiger charge is 2.19. The Bertz CT molecular complexity index is 225. The molecule has 0 spiro atoms. The van der Waals surface area contributed by atoms with Crippen molar-refractivity contribution in [3.8, 4) is 0 Å². The van der Waals surface area contributed by atoms with Gasteiger partial charge in [-0.3, -0.25) is 9.69 Å². The van der Waals surface area contributed by atoms with E-state index in [9.17, 15) is 4.79 Å². The summed E-state index contributed by atoms with van der Waals surface area (Å²) in [4.78, 5) is 16.1. The molecule has 0 aromatic carbocycles. The maximum atomic E-state index is 11.8. The summed E-state index contributed by atoms with van der Waals surface area (Å²) in [6.07, 6.45) is 0.607. The Hall–Kier alpha value is -0.0700. The summed E-state index contributed by atoms with van der Waals surface area (Å²) in [6, 6.07) is 0. The molecular formula is C12H27Cl2N3O2. The number of rotatable bonds is 7. The van der Waals surface area contributed by atoms with Crippen LogP contribution in [0.25, 0.3) is 0 Å². The molecule has 0 atom stereocenters. The lowest BCUT2D eigenvalue weighted by Crippen LogP contribution is -2.49. The fraction of sp³-hybridized carbons (Fsp3) is 0.917. The summed E-state index contributed by atoms with van der Waals surface area (Å²) < 4.78 is 5.33. The Morgan fingerprint density at radius 3 is 2.37 bits per heavy atom. The van der Waals surface area contributed by atoms with Gasteiger partial charge in [-0.05, 0) is 14.0 Å². The molecule has 0 aliphatic carbocycles. The van der Waals surface area contributed by atoms with E-state index in [2.05, 4.69) is 10.2 Å². The minimum atomic E-state index is 0. The van der Waals surface area contributed by atoms with E-state index in [-0.39, 0.29) is 30.7 Å². The van der Waals surface area contributed by atoms with Crippen LogP contribution in [-0.4, -0.2) is 75.2 Å². The third kappa shape index (κ3) is 8.65. The summed E-state index contributed by atoms with van der Waals surface area (Å²) in [6.45, 7) is 8.99. The minimum absolute atomic E-state index is 0. The van der Waals surface area contributed by atoms with Crippen LogP contribution in [0.3, 0.4) is 0 Å². The van der Waals surface area contributed by atoms with Gasteiger partial charge in [0, 0.05) is 52.3 Å². The van der Waals surface area contributed by atoms with Gasteiger partial charge in [-0.15, -0.1) is 24.8 Å². The highest BCUT2D eigenvalue weighted by molar-refractivity contribution is 5.85. The van der Waals surface area contributed by atoms with Gasteiger partial charge in [0.05, 0.1) is 6.61 Å². The standard InChI is InChI=1S/C12H25N3O2.2ClH/c1-3-17-11-10-14-6-8-15(9-7-14)12(16)4-5-13-2;;/h13H,3-11H2,1-2H3;2*1H. The van der Waals surface area contributed by atoms with Crippen molar-refractivity contribution in [3.05, 3.63) is 0 Å². The quantitative estimate of drug-likeness (QED) is 0.700. The first-order valence-electron chi connectivity index (χ1n) is 6.50. The van der Waals surface area contributed by atoms with E-state index >= 15 is 0 Å². The van der Waals surface area contributed by atoms with Crippen LogP contribution in [0.15, 0.2) is 0 Å². The summed E-state index contributed by atoms with van der Waals surface area (Å²) in [5.41, 5.74) is 0. The molecule has 1 fully saturated rings. The molecule has 0 aromatic rings. The van der Waals surface area contributed by atoms with Crippen molar-refractivity contribution in [2.75, 3.05) is 59.5 Å². The molecule has 1 rings (SSSR count). The molecular weight excluding hydrogens is 289 g/mol. The number of nitrogens with zero attached hydrogens (tertiary/aromatic N) is 2. The molecule has 0 aromatic heterocycles. The molecule has 0 unspecified atom stereocenters. The highest BCUT2D eigenvalue weighted by Crippen LogP contribution is 2.03. The zero-order chi connectivity index (χ0) is 12.5. The van der Waals surface area contributed by atoms with Crippen LogP contribution in [0.5, 0.6) is 0 Å². The van der Waals surface area contributed by atoms with E-state index in [0.29, 0.717) is 6.42 Å². The number of hydrogen-bond donors (Lipinski definition) is 1. The topological polar surface area (TPSA) is 44.8 Å². The smallest absolute Gasteiger partial charge is 0.223 e. The van der Waals surface area contributed by atoms with Gasteiger partial charge < -0.3 is 15.0 Å². The Kier molecular flexibility index (Phi) is 14.5. The lowest BCUT2D eigenvalue weighted by atomic mass is 10.2. The van der Waals surface area contributed by atoms with Crippen LogP contribution >= 0.6 is 24.8 Å². The first-order chi connectivity index (χ1) is 8.27. The number of amides is 1. The normalized spacial score (nSPS) is 15.6. The van der Waals surface area contributed by atoms with E-state index < -0.39 is 0 Å². The van der Waals surface area contributed by atoms with E-state index in [1.807, 2.05) is 18.9 Å². The third-order valence-corrected chi connectivity index (χ3v) is 3.07. The maximum absolute atomic E-state index is 11.8. The molecule has 1 amide bonds. The van der Waals surface area contributed by atoms with Crippen LogP contribution < -0.4 is 5.32 Å². The number of nitrogens with one attached hydrogen (secondary N) is 1. The molecule has 1 saturated heterocycles. The van der Waals surface area contributed by atoms with Gasteiger partial charge in [0.1, 0.15) is 0 Å². The molecule has 1 N–H and O–H groups in total. The summed E-state index contributed by atoms with van der Waals surface area (Å²) in [5, 5.41) is 3.01. The Morgan fingerprint density at radius 1 is 1.21 bits per heavy atom. The van der Waals surface area contributed by atoms with E-state index in [1.165, 1.54) is 0 Å². The van der Waals surface area contributed by atoms with Crippen LogP contribution in [-0.2, 0) is 9.53 Å². The SMILES string of the molecule is CCOCCN1CCN(C(=O)CCNC)CC1.Cl.Cl. The first-order valence-corrected chi connectivity index (χ1v) is 6.50. The van der Waals surface area contributed by atoms with Crippen LogP contribution in [0.4, 0.5) is 0 Å². The average Bonchev–Trinajstić information content (AvgIpc) is 2.37. The molecule has 0 saturated carbocycles. The number of ether oxygens (including phenoxy) is 1. The van der Waals surface area contributed by atoms with Gasteiger partial charge in [0.2, 0.25) is 5.91 Å². The first kappa shape index (κ1) is 21.2. The second-order valence-corrected chi connectivity index (χ2v) is 4.27. The maximum Gasteiger partial charge on any atom is 0.223 e. The van der Waals surface area contributed by atoms with Crippen molar-refractivity contribution in [1.29, 1.82) is 0 Å². The predicted octanol–water partition coefficient (Wildman–Crippen LogP) is 0.620. The van der Waals surface area contributed by atoms with E-state index in [4.69, 9.17) is 4.74 Å². The zero-order valence-electron chi connectivity index (χ0n) is 11.9. The molecule has 5 nitrogen and oxygen atoms in total. The van der Waals surface area contributed by atoms with Gasteiger partial charge in [-0.1, -0.05) is 0 Å². The van der Waals surface area contributed by atoms with E-state index in [1.54, 1.807) is 0 Å². The van der Waals surface area contributed by atoms with Crippen molar-refractivity contribution in [2.45, 2.75) is 13.3 Å². The molecule has 1 heterocycles. The highest BCUT2D eigenvalue weighted by atomic mass is 35.5. The molecule has 1 aliphatic rings. The third-order valence-electron chi connectivity index (χ3n) is 3.07. The van der Waals surface area contributed by atoms with Crippen LogP contribution in [0, 0.1) is 0 Å². The summed E-state index contributed by atoms with van der Waals surface area (Å²) in [7, 11) is 1.87. The summed E-state index contributed by atoms with van der Waals surface area (Å²) in [5.74, 6) is 0.267. The van der Waals surface area contributed by atoms with Crippen molar-refractivity contribution >= 4 is 30.7 Å². The lowest BCUT2D eigenvalue weighted by molar-refractivity contribution is -0.132. The average molecular weight is 316 g/mol. The Morgan fingerprint density at radius 2 is 1.84 bits per heavy atom. The Labute approximate surface area is 128 Å². The minimum Gasteiger partial charge on any atom is -0.380 e. The van der Waals surface area contributed by atoms with Gasteiger partial charge in [-0.25, -0.2) is 0 Å². The lowest BCUT2D eigenvalue weighted by Gasteiger charge is -2.34. The van der Waals surface area contributed by atoms with Crippen LogP contribution in [0.2, 0.25) is 0 Å². The largest absolute Gasteiger partial charge is 0.380 e. The number of carbonyl (C=O) groups is 1. The van der Waals surface area contributed by atoms with Crippen molar-refractivity contribution in [2.24, 2.45) is 0 Å². The van der Waals surface area contributed by atoms with Gasteiger partial charge in [0.25, 0.3) is 0 Å². The van der Waals surface area contributed by atoms with Gasteiger partial charge in [0.15, 0.2) is 0 Å². The number of piperazine rings is 1. The summed E-state index contributed by atoms with van der Waals surface area (Å²) >= 11 is 0. The fourth-order valence-electron chi connectivity index (χ4n) is 1.95. The molecule has 7 heteroatoms. The molecule has 116 valence electrons.